The predicted molar refractivity (Wildman–Crippen MR) is 104 cm³/mol. The van der Waals surface area contributed by atoms with Crippen LogP contribution in [0.5, 0.6) is 0 Å². The maximum Gasteiger partial charge on any atom is 0.259 e. The molecule has 1 N–H and O–H groups in total. The van der Waals surface area contributed by atoms with E-state index in [9.17, 15) is 9.59 Å². The fourth-order valence-corrected chi connectivity index (χ4v) is 3.28. The third-order valence-electron chi connectivity index (χ3n) is 4.45. The van der Waals surface area contributed by atoms with Crippen molar-refractivity contribution in [1.29, 1.82) is 0 Å². The van der Waals surface area contributed by atoms with Crippen molar-refractivity contribution in [2.24, 2.45) is 0 Å². The molecule has 0 aliphatic heterocycles. The van der Waals surface area contributed by atoms with E-state index >= 15 is 0 Å². The van der Waals surface area contributed by atoms with Gasteiger partial charge in [-0.1, -0.05) is 17.7 Å². The minimum Gasteiger partial charge on any atom is -0.332 e. The summed E-state index contributed by atoms with van der Waals surface area (Å²) in [6.45, 7) is 7.63. The second-order valence-electron chi connectivity index (χ2n) is 6.83. The molecule has 0 atom stereocenters. The number of amides is 2. The first kappa shape index (κ1) is 18.6. The normalized spacial score (nSPS) is 10.9. The summed E-state index contributed by atoms with van der Waals surface area (Å²) in [6.07, 6.45) is 3.35. The number of benzene rings is 1. The topological polar surface area (TPSA) is 79.6 Å². The van der Waals surface area contributed by atoms with Crippen molar-refractivity contribution >= 4 is 23.1 Å². The molecule has 0 aliphatic carbocycles. The van der Waals surface area contributed by atoms with Gasteiger partial charge in [0.1, 0.15) is 5.56 Å². The van der Waals surface area contributed by atoms with Crippen LogP contribution in [0.4, 0.5) is 5.69 Å². The number of nitrogens with one attached hydrogen (secondary N) is 1. The van der Waals surface area contributed by atoms with E-state index in [0.717, 1.165) is 22.4 Å². The number of hydrogen-bond acceptors (Lipinski definition) is 4. The van der Waals surface area contributed by atoms with Crippen LogP contribution in [-0.2, 0) is 4.79 Å². The van der Waals surface area contributed by atoms with Crippen molar-refractivity contribution in [3.63, 3.8) is 0 Å². The van der Waals surface area contributed by atoms with Crippen molar-refractivity contribution in [1.82, 2.24) is 19.5 Å². The second kappa shape index (κ2) is 7.19. The van der Waals surface area contributed by atoms with Crippen molar-refractivity contribution in [2.75, 3.05) is 18.9 Å². The van der Waals surface area contributed by atoms with Gasteiger partial charge in [0, 0.05) is 25.1 Å². The molecule has 0 fully saturated rings. The Bertz CT molecular complexity index is 1020. The van der Waals surface area contributed by atoms with Gasteiger partial charge in [-0.25, -0.2) is 9.50 Å². The summed E-state index contributed by atoms with van der Waals surface area (Å²) >= 11 is 0. The molecule has 140 valence electrons. The van der Waals surface area contributed by atoms with E-state index in [4.69, 9.17) is 0 Å². The Kier molecular flexibility index (Phi) is 4.94. The van der Waals surface area contributed by atoms with Gasteiger partial charge in [-0.15, -0.1) is 0 Å². The number of aryl methyl sites for hydroxylation is 4. The molecule has 7 nitrogen and oxygen atoms in total. The third kappa shape index (κ3) is 3.67. The zero-order valence-electron chi connectivity index (χ0n) is 16.2. The Hall–Kier alpha value is -3.22. The molecule has 0 radical (unpaired) electrons. The Balaban J connectivity index is 1.77. The molecule has 2 aromatic heterocycles. The van der Waals surface area contributed by atoms with Crippen LogP contribution < -0.4 is 5.32 Å². The Morgan fingerprint density at radius 3 is 2.48 bits per heavy atom. The average molecular weight is 365 g/mol. The molecule has 0 bridgehead atoms. The highest BCUT2D eigenvalue weighted by Crippen LogP contribution is 2.22. The number of hydrogen-bond donors (Lipinski definition) is 1. The zero-order valence-corrected chi connectivity index (χ0v) is 16.2. The molecular formula is C20H23N5O2. The smallest absolute Gasteiger partial charge is 0.259 e. The molecule has 0 saturated carbocycles. The lowest BCUT2D eigenvalue weighted by atomic mass is 10.1. The lowest BCUT2D eigenvalue weighted by molar-refractivity contribution is -0.116. The average Bonchev–Trinajstić information content (AvgIpc) is 2.93. The largest absolute Gasteiger partial charge is 0.332 e. The maximum absolute atomic E-state index is 12.9. The van der Waals surface area contributed by atoms with Gasteiger partial charge in [-0.2, -0.15) is 5.10 Å². The van der Waals surface area contributed by atoms with Crippen LogP contribution in [0, 0.1) is 27.7 Å². The summed E-state index contributed by atoms with van der Waals surface area (Å²) in [7, 11) is 1.60. The first-order valence-electron chi connectivity index (χ1n) is 8.71. The fourth-order valence-electron chi connectivity index (χ4n) is 3.28. The standard InChI is InChI=1S/C20H23N5O2/c1-12-9-13(2)18(14(3)10-12)22-16(26)11-24(5)20(27)17-15(4)23-25-8-6-7-21-19(17)25/h6-10H,11H2,1-5H3,(H,22,26). The molecule has 0 aliphatic rings. The predicted octanol–water partition coefficient (Wildman–Crippen LogP) is 2.67. The highest BCUT2D eigenvalue weighted by molar-refractivity contribution is 6.03. The van der Waals surface area contributed by atoms with Crippen molar-refractivity contribution in [3.05, 3.63) is 58.5 Å². The lowest BCUT2D eigenvalue weighted by Crippen LogP contribution is -2.35. The van der Waals surface area contributed by atoms with Crippen LogP contribution in [0.15, 0.2) is 30.6 Å². The van der Waals surface area contributed by atoms with Gasteiger partial charge in [0.05, 0.1) is 12.2 Å². The third-order valence-corrected chi connectivity index (χ3v) is 4.45. The Labute approximate surface area is 158 Å². The minimum atomic E-state index is -0.284. The van der Waals surface area contributed by atoms with Gasteiger partial charge in [-0.3, -0.25) is 9.59 Å². The second-order valence-corrected chi connectivity index (χ2v) is 6.83. The quantitative estimate of drug-likeness (QED) is 0.771. The van der Waals surface area contributed by atoms with E-state index < -0.39 is 0 Å². The van der Waals surface area contributed by atoms with E-state index in [-0.39, 0.29) is 18.4 Å². The van der Waals surface area contributed by atoms with E-state index in [0.29, 0.717) is 16.9 Å². The molecule has 7 heteroatoms. The van der Waals surface area contributed by atoms with E-state index in [2.05, 4.69) is 15.4 Å². The van der Waals surface area contributed by atoms with Gasteiger partial charge in [0.15, 0.2) is 5.65 Å². The summed E-state index contributed by atoms with van der Waals surface area (Å²) in [6, 6.07) is 5.79. The summed E-state index contributed by atoms with van der Waals surface area (Å²) < 4.78 is 1.56. The number of nitrogens with zero attached hydrogens (tertiary/aromatic N) is 4. The minimum absolute atomic E-state index is 0.0603. The number of likely N-dealkylation sites (N-methyl/N-ethyl adjacent to an activating group) is 1. The molecule has 3 rings (SSSR count). The van der Waals surface area contributed by atoms with Crippen molar-refractivity contribution in [3.8, 4) is 0 Å². The van der Waals surface area contributed by atoms with Crippen molar-refractivity contribution < 1.29 is 9.59 Å². The van der Waals surface area contributed by atoms with Crippen LogP contribution in [-0.4, -0.2) is 44.9 Å². The zero-order chi connectivity index (χ0) is 19.7. The van der Waals surface area contributed by atoms with Gasteiger partial charge in [0.25, 0.3) is 5.91 Å². The van der Waals surface area contributed by atoms with Crippen LogP contribution in [0.25, 0.3) is 5.65 Å². The molecule has 1 aromatic carbocycles. The Morgan fingerprint density at radius 1 is 1.15 bits per heavy atom. The number of aromatic nitrogens is 3. The maximum atomic E-state index is 12.9. The molecule has 2 amide bonds. The van der Waals surface area contributed by atoms with Gasteiger partial charge in [-0.05, 0) is 44.9 Å². The molecule has 0 spiro atoms. The number of carbonyl (C=O) groups excluding carboxylic acids is 2. The first-order valence-corrected chi connectivity index (χ1v) is 8.71. The molecule has 0 saturated heterocycles. The number of carbonyl (C=O) groups is 2. The lowest BCUT2D eigenvalue weighted by Gasteiger charge is -2.18. The van der Waals surface area contributed by atoms with Gasteiger partial charge in [0.2, 0.25) is 5.91 Å². The number of fused-ring (bicyclic) bond motifs is 1. The van der Waals surface area contributed by atoms with Gasteiger partial charge >= 0.3 is 0 Å². The summed E-state index contributed by atoms with van der Waals surface area (Å²) in [5.74, 6) is -0.531. The molecule has 3 aromatic rings. The van der Waals surface area contributed by atoms with Crippen LogP contribution in [0.3, 0.4) is 0 Å². The van der Waals surface area contributed by atoms with E-state index in [1.807, 2.05) is 32.9 Å². The highest BCUT2D eigenvalue weighted by atomic mass is 16.2. The van der Waals surface area contributed by atoms with Crippen molar-refractivity contribution in [2.45, 2.75) is 27.7 Å². The van der Waals surface area contributed by atoms with Crippen LogP contribution in [0.2, 0.25) is 0 Å². The SMILES string of the molecule is Cc1cc(C)c(NC(=O)CN(C)C(=O)c2c(C)nn3cccnc23)c(C)c1. The first-order chi connectivity index (χ1) is 12.8. The molecule has 0 unspecified atom stereocenters. The molecular weight excluding hydrogens is 342 g/mol. The molecule has 2 heterocycles. The van der Waals surface area contributed by atoms with E-state index in [1.165, 1.54) is 4.90 Å². The Morgan fingerprint density at radius 2 is 1.81 bits per heavy atom. The highest BCUT2D eigenvalue weighted by Gasteiger charge is 2.23. The summed E-state index contributed by atoms with van der Waals surface area (Å²) in [5.41, 5.74) is 5.41. The van der Waals surface area contributed by atoms with Crippen LogP contribution >= 0.6 is 0 Å². The van der Waals surface area contributed by atoms with Gasteiger partial charge < -0.3 is 10.2 Å². The van der Waals surface area contributed by atoms with Crippen LogP contribution in [0.1, 0.15) is 32.7 Å². The number of anilines is 1. The van der Waals surface area contributed by atoms with E-state index in [1.54, 1.807) is 36.9 Å². The summed E-state index contributed by atoms with van der Waals surface area (Å²) in [4.78, 5) is 31.0. The summed E-state index contributed by atoms with van der Waals surface area (Å²) in [5, 5.41) is 7.22. The monoisotopic (exact) mass is 365 g/mol. The molecule has 27 heavy (non-hydrogen) atoms. The number of rotatable bonds is 4. The fraction of sp³-hybridized carbons (Fsp3) is 0.300.